The molecule has 0 aliphatic heterocycles. The summed E-state index contributed by atoms with van der Waals surface area (Å²) in [5, 5.41) is 6.43. The topological polar surface area (TPSA) is 77.0 Å². The summed E-state index contributed by atoms with van der Waals surface area (Å²) in [6.45, 7) is 1.17. The van der Waals surface area contributed by atoms with E-state index >= 15 is 0 Å². The summed E-state index contributed by atoms with van der Waals surface area (Å²) in [4.78, 5) is 32.6. The Hall–Kier alpha value is -2.57. The van der Waals surface area contributed by atoms with E-state index in [2.05, 4.69) is 15.6 Å². The van der Waals surface area contributed by atoms with Crippen LogP contribution in [0.3, 0.4) is 0 Å². The minimum Gasteiger partial charge on any atom is -0.355 e. The highest BCUT2D eigenvalue weighted by Gasteiger charge is 2.42. The number of likely N-dealkylation sites (N-methyl/N-ethyl adjacent to an activating group) is 1. The van der Waals surface area contributed by atoms with E-state index in [9.17, 15) is 9.59 Å². The molecule has 0 atom stereocenters. The molecule has 1 saturated carbocycles. The fourth-order valence-electron chi connectivity index (χ4n) is 3.49. The maximum absolute atomic E-state index is 12.8. The maximum atomic E-state index is 12.8. The number of carbonyl (C=O) groups is 2. The maximum Gasteiger partial charge on any atom is 0.241 e. The highest BCUT2D eigenvalue weighted by molar-refractivity contribution is 5.87. The first kappa shape index (κ1) is 21.7. The van der Waals surface area contributed by atoms with Gasteiger partial charge >= 0.3 is 0 Å². The van der Waals surface area contributed by atoms with Gasteiger partial charge in [-0.15, -0.1) is 0 Å². The zero-order valence-electron chi connectivity index (χ0n) is 17.5. The lowest BCUT2D eigenvalue weighted by atomic mass is 9.84. The molecule has 1 aliphatic carbocycles. The summed E-state index contributed by atoms with van der Waals surface area (Å²) in [6, 6.07) is 9.95. The molecule has 28 heavy (non-hydrogen) atoms. The van der Waals surface area contributed by atoms with Gasteiger partial charge in [0, 0.05) is 34.7 Å². The zero-order chi connectivity index (χ0) is 20.6. The summed E-state index contributed by atoms with van der Waals surface area (Å²) in [5.41, 5.74) is 0.687. The van der Waals surface area contributed by atoms with Gasteiger partial charge in [0.25, 0.3) is 0 Å². The molecule has 2 N–H and O–H groups in total. The minimum atomic E-state index is -0.399. The number of nitrogens with one attached hydrogen (secondary N) is 2. The number of hydrogen-bond donors (Lipinski definition) is 2. The second kappa shape index (κ2) is 10.1. The molecule has 0 saturated heterocycles. The van der Waals surface area contributed by atoms with Crippen molar-refractivity contribution in [2.75, 3.05) is 41.3 Å². The Morgan fingerprint density at radius 3 is 2.21 bits per heavy atom. The third-order valence-corrected chi connectivity index (χ3v) is 5.18. The van der Waals surface area contributed by atoms with Crippen LogP contribution in [0, 0.1) is 5.41 Å². The van der Waals surface area contributed by atoms with Crippen molar-refractivity contribution in [3.63, 3.8) is 0 Å². The van der Waals surface area contributed by atoms with Gasteiger partial charge in [0.2, 0.25) is 11.8 Å². The lowest BCUT2D eigenvalue weighted by Crippen LogP contribution is -2.50. The van der Waals surface area contributed by atoms with Crippen LogP contribution in [0.4, 0.5) is 0 Å². The number of benzene rings is 1. The first-order valence-corrected chi connectivity index (χ1v) is 9.82. The standard InChI is InChI=1S/C21H33N5O2/c1-25(2)18(27)15-23-20(22-14-17-10-6-5-7-11-17)24-16-21(12-8-9-13-21)19(28)26(3)4/h5-7,10-11H,8-9,12-16H2,1-4H3,(H2,22,23,24). The molecular formula is C21H33N5O2. The fourth-order valence-corrected chi connectivity index (χ4v) is 3.49. The van der Waals surface area contributed by atoms with Gasteiger partial charge in [0.1, 0.15) is 0 Å². The summed E-state index contributed by atoms with van der Waals surface area (Å²) < 4.78 is 0. The second-order valence-electron chi connectivity index (χ2n) is 7.83. The Kier molecular flexibility index (Phi) is 7.84. The van der Waals surface area contributed by atoms with Gasteiger partial charge in [-0.2, -0.15) is 0 Å². The molecule has 7 heteroatoms. The number of hydrogen-bond acceptors (Lipinski definition) is 3. The average molecular weight is 388 g/mol. The highest BCUT2D eigenvalue weighted by Crippen LogP contribution is 2.38. The fraction of sp³-hybridized carbons (Fsp3) is 0.571. The van der Waals surface area contributed by atoms with E-state index < -0.39 is 5.41 Å². The molecule has 1 aliphatic rings. The Bertz CT molecular complexity index is 679. The van der Waals surface area contributed by atoms with Crippen LogP contribution in [-0.2, 0) is 16.1 Å². The molecule has 0 radical (unpaired) electrons. The van der Waals surface area contributed by atoms with E-state index in [1.165, 1.54) is 4.90 Å². The molecule has 0 aromatic heterocycles. The summed E-state index contributed by atoms with van der Waals surface area (Å²) in [5.74, 6) is 0.676. The SMILES string of the molecule is CN(C)C(=O)CNC(=NCc1ccccc1)NCC1(C(=O)N(C)C)CCCC1. The predicted octanol–water partition coefficient (Wildman–Crippen LogP) is 1.46. The van der Waals surface area contributed by atoms with Crippen LogP contribution < -0.4 is 10.6 Å². The normalized spacial score (nSPS) is 15.8. The number of aliphatic imine (C=N–C) groups is 1. The minimum absolute atomic E-state index is 0.0332. The number of guanidine groups is 1. The first-order valence-electron chi connectivity index (χ1n) is 9.82. The van der Waals surface area contributed by atoms with E-state index in [0.29, 0.717) is 19.0 Å². The molecule has 0 heterocycles. The van der Waals surface area contributed by atoms with E-state index in [1.807, 2.05) is 30.3 Å². The lowest BCUT2D eigenvalue weighted by molar-refractivity contribution is -0.138. The van der Waals surface area contributed by atoms with Gasteiger partial charge in [-0.3, -0.25) is 9.59 Å². The molecule has 0 bridgehead atoms. The Morgan fingerprint density at radius 1 is 1.00 bits per heavy atom. The molecular weight excluding hydrogens is 354 g/mol. The number of amides is 2. The van der Waals surface area contributed by atoms with Gasteiger partial charge in [-0.25, -0.2) is 4.99 Å². The van der Waals surface area contributed by atoms with Crippen molar-refractivity contribution in [3.8, 4) is 0 Å². The smallest absolute Gasteiger partial charge is 0.241 e. The molecule has 0 unspecified atom stereocenters. The quantitative estimate of drug-likeness (QED) is 0.549. The van der Waals surface area contributed by atoms with Gasteiger partial charge in [0.05, 0.1) is 18.5 Å². The van der Waals surface area contributed by atoms with Crippen LogP contribution in [-0.4, -0.2) is 68.9 Å². The van der Waals surface area contributed by atoms with Gasteiger partial charge in [-0.05, 0) is 18.4 Å². The molecule has 1 aromatic rings. The van der Waals surface area contributed by atoms with Gasteiger partial charge < -0.3 is 20.4 Å². The summed E-state index contributed by atoms with van der Waals surface area (Å²) in [7, 11) is 7.06. The highest BCUT2D eigenvalue weighted by atomic mass is 16.2. The van der Waals surface area contributed by atoms with Crippen LogP contribution in [0.1, 0.15) is 31.2 Å². The van der Waals surface area contributed by atoms with E-state index in [0.717, 1.165) is 31.2 Å². The van der Waals surface area contributed by atoms with Crippen LogP contribution in [0.5, 0.6) is 0 Å². The predicted molar refractivity (Wildman–Crippen MR) is 112 cm³/mol. The van der Waals surface area contributed by atoms with E-state index in [4.69, 9.17) is 0 Å². The number of carbonyl (C=O) groups excluding carboxylic acids is 2. The van der Waals surface area contributed by atoms with Crippen molar-refractivity contribution in [1.82, 2.24) is 20.4 Å². The molecule has 2 amide bonds. The van der Waals surface area contributed by atoms with Crippen molar-refractivity contribution in [1.29, 1.82) is 0 Å². The molecule has 2 rings (SSSR count). The van der Waals surface area contributed by atoms with Crippen molar-refractivity contribution >= 4 is 17.8 Å². The largest absolute Gasteiger partial charge is 0.355 e. The van der Waals surface area contributed by atoms with Crippen LogP contribution >= 0.6 is 0 Å². The van der Waals surface area contributed by atoms with Crippen molar-refractivity contribution in [3.05, 3.63) is 35.9 Å². The monoisotopic (exact) mass is 387 g/mol. The lowest BCUT2D eigenvalue weighted by Gasteiger charge is -2.31. The molecule has 1 fully saturated rings. The zero-order valence-corrected chi connectivity index (χ0v) is 17.5. The van der Waals surface area contributed by atoms with Gasteiger partial charge in [0.15, 0.2) is 5.96 Å². The average Bonchev–Trinajstić information content (AvgIpc) is 3.17. The van der Waals surface area contributed by atoms with Gasteiger partial charge in [-0.1, -0.05) is 43.2 Å². The van der Waals surface area contributed by atoms with E-state index in [-0.39, 0.29) is 18.4 Å². The van der Waals surface area contributed by atoms with Crippen molar-refractivity contribution in [2.45, 2.75) is 32.2 Å². The molecule has 0 spiro atoms. The van der Waals surface area contributed by atoms with Crippen molar-refractivity contribution < 1.29 is 9.59 Å². The Balaban J connectivity index is 2.09. The summed E-state index contributed by atoms with van der Waals surface area (Å²) in [6.07, 6.45) is 3.87. The van der Waals surface area contributed by atoms with Crippen LogP contribution in [0.2, 0.25) is 0 Å². The Labute approximate surface area is 168 Å². The first-order chi connectivity index (χ1) is 13.3. The number of rotatable bonds is 7. The summed E-state index contributed by atoms with van der Waals surface area (Å²) >= 11 is 0. The third kappa shape index (κ3) is 5.97. The van der Waals surface area contributed by atoms with Crippen molar-refractivity contribution in [2.24, 2.45) is 10.4 Å². The molecule has 7 nitrogen and oxygen atoms in total. The number of nitrogens with zero attached hydrogens (tertiary/aromatic N) is 3. The Morgan fingerprint density at radius 2 is 1.64 bits per heavy atom. The molecule has 1 aromatic carbocycles. The van der Waals surface area contributed by atoms with E-state index in [1.54, 1.807) is 33.1 Å². The van der Waals surface area contributed by atoms with Crippen LogP contribution in [0.25, 0.3) is 0 Å². The second-order valence-corrected chi connectivity index (χ2v) is 7.83. The molecule has 154 valence electrons. The van der Waals surface area contributed by atoms with Crippen LogP contribution in [0.15, 0.2) is 35.3 Å². The third-order valence-electron chi connectivity index (χ3n) is 5.18.